The fraction of sp³-hybridized carbons (Fsp3) is 0.421. The van der Waals surface area contributed by atoms with Gasteiger partial charge in [0.2, 0.25) is 0 Å². The van der Waals surface area contributed by atoms with Crippen molar-refractivity contribution < 1.29 is 9.47 Å². The molecule has 0 bridgehead atoms. The van der Waals surface area contributed by atoms with Gasteiger partial charge in [0.25, 0.3) is 0 Å². The molecule has 0 saturated carbocycles. The Kier molecular flexibility index (Phi) is 5.48. The van der Waals surface area contributed by atoms with Crippen LogP contribution in [0.3, 0.4) is 0 Å². The van der Waals surface area contributed by atoms with E-state index in [0.29, 0.717) is 12.5 Å². The molecule has 1 aliphatic heterocycles. The summed E-state index contributed by atoms with van der Waals surface area (Å²) in [6.07, 6.45) is 4.08. The fourth-order valence-electron chi connectivity index (χ4n) is 3.04. The molecule has 1 fully saturated rings. The zero-order valence-corrected chi connectivity index (χ0v) is 13.6. The summed E-state index contributed by atoms with van der Waals surface area (Å²) in [6.45, 7) is 4.65. The Labute approximate surface area is 137 Å². The van der Waals surface area contributed by atoms with Crippen molar-refractivity contribution in [2.24, 2.45) is 5.92 Å². The molecule has 4 nitrogen and oxygen atoms in total. The average Bonchev–Trinajstić information content (AvgIpc) is 2.63. The van der Waals surface area contributed by atoms with Crippen molar-refractivity contribution >= 4 is 0 Å². The van der Waals surface area contributed by atoms with Gasteiger partial charge in [-0.15, -0.1) is 0 Å². The number of aromatic nitrogens is 1. The first kappa shape index (κ1) is 15.8. The highest BCUT2D eigenvalue weighted by Crippen LogP contribution is 2.35. The summed E-state index contributed by atoms with van der Waals surface area (Å²) in [6, 6.07) is 13.9. The largest absolute Gasteiger partial charge is 0.490 e. The van der Waals surface area contributed by atoms with Gasteiger partial charge in [-0.3, -0.25) is 4.98 Å². The van der Waals surface area contributed by atoms with Crippen LogP contribution in [0.5, 0.6) is 11.5 Å². The molecular weight excluding hydrogens is 288 g/mol. The summed E-state index contributed by atoms with van der Waals surface area (Å²) in [5.41, 5.74) is 0.979. The predicted molar refractivity (Wildman–Crippen MR) is 90.8 cm³/mol. The first-order valence-electron chi connectivity index (χ1n) is 8.38. The molecular formula is C19H24N2O2. The van der Waals surface area contributed by atoms with Gasteiger partial charge in [-0.2, -0.15) is 0 Å². The lowest BCUT2D eigenvalue weighted by Gasteiger charge is -2.31. The molecule has 1 aliphatic rings. The van der Waals surface area contributed by atoms with Crippen LogP contribution in [0.4, 0.5) is 0 Å². The number of para-hydroxylation sites is 2. The molecule has 1 aromatic heterocycles. The lowest BCUT2D eigenvalue weighted by Crippen LogP contribution is -2.35. The maximum absolute atomic E-state index is 6.40. The van der Waals surface area contributed by atoms with E-state index in [1.165, 1.54) is 6.42 Å². The van der Waals surface area contributed by atoms with Gasteiger partial charge in [-0.25, -0.2) is 0 Å². The highest BCUT2D eigenvalue weighted by molar-refractivity contribution is 5.40. The minimum atomic E-state index is -0.0643. The Balaban J connectivity index is 1.86. The highest BCUT2D eigenvalue weighted by Gasteiger charge is 2.28. The van der Waals surface area contributed by atoms with Gasteiger partial charge >= 0.3 is 0 Å². The Bertz CT molecular complexity index is 597. The van der Waals surface area contributed by atoms with E-state index in [2.05, 4.69) is 10.3 Å². The number of hydrogen-bond acceptors (Lipinski definition) is 4. The Morgan fingerprint density at radius 3 is 2.70 bits per heavy atom. The second kappa shape index (κ2) is 7.97. The van der Waals surface area contributed by atoms with Gasteiger partial charge in [0.15, 0.2) is 11.5 Å². The van der Waals surface area contributed by atoms with E-state index in [-0.39, 0.29) is 6.10 Å². The van der Waals surface area contributed by atoms with Crippen LogP contribution in [0, 0.1) is 5.92 Å². The molecule has 2 aromatic rings. The van der Waals surface area contributed by atoms with Gasteiger partial charge < -0.3 is 14.8 Å². The Morgan fingerprint density at radius 1 is 1.17 bits per heavy atom. The molecule has 2 unspecified atom stereocenters. The SMILES string of the molecule is CCOc1ccccc1OC(c1ccccn1)C1CCCNC1. The average molecular weight is 312 g/mol. The van der Waals surface area contributed by atoms with E-state index >= 15 is 0 Å². The van der Waals surface area contributed by atoms with Crippen LogP contribution in [-0.2, 0) is 0 Å². The van der Waals surface area contributed by atoms with Crippen molar-refractivity contribution in [1.82, 2.24) is 10.3 Å². The normalized spacial score (nSPS) is 19.1. The first-order valence-corrected chi connectivity index (χ1v) is 8.38. The zero-order chi connectivity index (χ0) is 15.9. The topological polar surface area (TPSA) is 43.4 Å². The number of ether oxygens (including phenoxy) is 2. The molecule has 2 atom stereocenters. The summed E-state index contributed by atoms with van der Waals surface area (Å²) < 4.78 is 12.1. The summed E-state index contributed by atoms with van der Waals surface area (Å²) in [4.78, 5) is 4.53. The molecule has 4 heteroatoms. The molecule has 3 rings (SSSR count). The second-order valence-corrected chi connectivity index (χ2v) is 5.78. The molecule has 0 aliphatic carbocycles. The van der Waals surface area contributed by atoms with Crippen molar-refractivity contribution in [3.63, 3.8) is 0 Å². The summed E-state index contributed by atoms with van der Waals surface area (Å²) in [5, 5.41) is 3.47. The third-order valence-corrected chi connectivity index (χ3v) is 4.15. The molecule has 1 saturated heterocycles. The number of nitrogens with zero attached hydrogens (tertiary/aromatic N) is 1. The maximum atomic E-state index is 6.40. The first-order chi connectivity index (χ1) is 11.4. The minimum Gasteiger partial charge on any atom is -0.490 e. The molecule has 1 N–H and O–H groups in total. The van der Waals surface area contributed by atoms with Crippen molar-refractivity contribution in [3.8, 4) is 11.5 Å². The van der Waals surface area contributed by atoms with Gasteiger partial charge in [0.1, 0.15) is 6.10 Å². The maximum Gasteiger partial charge on any atom is 0.162 e. The third kappa shape index (κ3) is 4.02. The van der Waals surface area contributed by atoms with Crippen LogP contribution in [0.1, 0.15) is 31.6 Å². The van der Waals surface area contributed by atoms with E-state index in [9.17, 15) is 0 Å². The van der Waals surface area contributed by atoms with E-state index < -0.39 is 0 Å². The number of rotatable bonds is 6. The van der Waals surface area contributed by atoms with Crippen molar-refractivity contribution in [1.29, 1.82) is 0 Å². The van der Waals surface area contributed by atoms with Crippen LogP contribution >= 0.6 is 0 Å². The lowest BCUT2D eigenvalue weighted by atomic mass is 9.91. The smallest absolute Gasteiger partial charge is 0.162 e. The molecule has 2 heterocycles. The van der Waals surface area contributed by atoms with E-state index in [0.717, 1.165) is 36.7 Å². The second-order valence-electron chi connectivity index (χ2n) is 5.78. The van der Waals surface area contributed by atoms with E-state index in [1.54, 1.807) is 0 Å². The highest BCUT2D eigenvalue weighted by atomic mass is 16.5. The summed E-state index contributed by atoms with van der Waals surface area (Å²) >= 11 is 0. The van der Waals surface area contributed by atoms with Crippen LogP contribution < -0.4 is 14.8 Å². The number of pyridine rings is 1. The third-order valence-electron chi connectivity index (χ3n) is 4.15. The van der Waals surface area contributed by atoms with Gasteiger partial charge in [0.05, 0.1) is 12.3 Å². The van der Waals surface area contributed by atoms with Crippen LogP contribution in [0.2, 0.25) is 0 Å². The quantitative estimate of drug-likeness (QED) is 0.885. The fourth-order valence-corrected chi connectivity index (χ4v) is 3.04. The van der Waals surface area contributed by atoms with Crippen LogP contribution in [0.25, 0.3) is 0 Å². The number of nitrogens with one attached hydrogen (secondary N) is 1. The van der Waals surface area contributed by atoms with Gasteiger partial charge in [-0.05, 0) is 50.6 Å². The van der Waals surface area contributed by atoms with E-state index in [1.807, 2.05) is 55.6 Å². The van der Waals surface area contributed by atoms with Crippen LogP contribution in [0.15, 0.2) is 48.7 Å². The lowest BCUT2D eigenvalue weighted by molar-refractivity contribution is 0.107. The number of benzene rings is 1. The summed E-state index contributed by atoms with van der Waals surface area (Å²) in [7, 11) is 0. The molecule has 0 radical (unpaired) electrons. The van der Waals surface area contributed by atoms with Crippen LogP contribution in [-0.4, -0.2) is 24.7 Å². The molecule has 122 valence electrons. The van der Waals surface area contributed by atoms with Crippen molar-refractivity contribution in [2.75, 3.05) is 19.7 Å². The van der Waals surface area contributed by atoms with Crippen molar-refractivity contribution in [3.05, 3.63) is 54.4 Å². The van der Waals surface area contributed by atoms with Gasteiger partial charge in [-0.1, -0.05) is 18.2 Å². The Hall–Kier alpha value is -2.07. The number of piperidine rings is 1. The minimum absolute atomic E-state index is 0.0643. The van der Waals surface area contributed by atoms with Crippen molar-refractivity contribution in [2.45, 2.75) is 25.9 Å². The zero-order valence-electron chi connectivity index (χ0n) is 13.6. The Morgan fingerprint density at radius 2 is 2.00 bits per heavy atom. The van der Waals surface area contributed by atoms with Gasteiger partial charge in [0, 0.05) is 18.7 Å². The predicted octanol–water partition coefficient (Wildman–Crippen LogP) is 3.60. The molecule has 0 spiro atoms. The summed E-state index contributed by atoms with van der Waals surface area (Å²) in [5.74, 6) is 1.99. The monoisotopic (exact) mass is 312 g/mol. The van der Waals surface area contributed by atoms with E-state index in [4.69, 9.17) is 9.47 Å². The standard InChI is InChI=1S/C19H24N2O2/c1-2-22-17-10-3-4-11-18(17)23-19(15-8-7-12-20-14-15)16-9-5-6-13-21-16/h3-6,9-11,13,15,19-20H,2,7-8,12,14H2,1H3. The molecule has 1 aromatic carbocycles. The molecule has 0 amide bonds. The molecule has 23 heavy (non-hydrogen) atoms. The number of hydrogen-bond donors (Lipinski definition) is 1.